The Morgan fingerprint density at radius 1 is 1.31 bits per heavy atom. The lowest BCUT2D eigenvalue weighted by Crippen LogP contribution is -2.42. The van der Waals surface area contributed by atoms with Crippen LogP contribution in [0.15, 0.2) is 0 Å². The van der Waals surface area contributed by atoms with E-state index in [1.54, 1.807) is 0 Å². The smallest absolute Gasteiger partial charge is 0.169 e. The van der Waals surface area contributed by atoms with Crippen molar-refractivity contribution in [3.63, 3.8) is 0 Å². The summed E-state index contributed by atoms with van der Waals surface area (Å²) in [7, 11) is 0. The molecule has 96 valence electrons. The highest BCUT2D eigenvalue weighted by Gasteiger charge is 2.22. The maximum Gasteiger partial charge on any atom is 0.169 e. The van der Waals surface area contributed by atoms with Crippen LogP contribution in [0.25, 0.3) is 0 Å². The van der Waals surface area contributed by atoms with Crippen LogP contribution in [0.4, 0.5) is 0 Å². The minimum absolute atomic E-state index is 0.140. The first kappa shape index (κ1) is 13.9. The van der Waals surface area contributed by atoms with Crippen LogP contribution in [0.2, 0.25) is 0 Å². The van der Waals surface area contributed by atoms with Gasteiger partial charge in [0.1, 0.15) is 0 Å². The van der Waals surface area contributed by atoms with Crippen molar-refractivity contribution in [2.45, 2.75) is 52.0 Å². The first-order chi connectivity index (χ1) is 7.77. The molecule has 0 aliphatic carbocycles. The minimum atomic E-state index is -0.140. The van der Waals surface area contributed by atoms with Crippen molar-refractivity contribution in [1.29, 1.82) is 0 Å². The van der Waals surface area contributed by atoms with E-state index in [2.05, 4.69) is 12.2 Å². The quantitative estimate of drug-likeness (QED) is 0.643. The fraction of sp³-hybridized carbons (Fsp3) is 1.00. The van der Waals surface area contributed by atoms with Gasteiger partial charge in [0, 0.05) is 32.4 Å². The summed E-state index contributed by atoms with van der Waals surface area (Å²) in [6.07, 6.45) is 2.54. The molecule has 0 radical (unpaired) electrons. The zero-order valence-corrected chi connectivity index (χ0v) is 10.7. The molecule has 2 unspecified atom stereocenters. The second-order valence-electron chi connectivity index (χ2n) is 4.09. The van der Waals surface area contributed by atoms with Crippen LogP contribution in [-0.4, -0.2) is 44.8 Å². The van der Waals surface area contributed by atoms with E-state index in [1.807, 2.05) is 13.8 Å². The summed E-state index contributed by atoms with van der Waals surface area (Å²) >= 11 is 0. The summed E-state index contributed by atoms with van der Waals surface area (Å²) in [5.41, 5.74) is 0. The lowest BCUT2D eigenvalue weighted by Gasteiger charge is -2.23. The van der Waals surface area contributed by atoms with Gasteiger partial charge in [-0.1, -0.05) is 0 Å². The van der Waals surface area contributed by atoms with Crippen LogP contribution in [0.1, 0.15) is 33.6 Å². The molecular formula is C12H25NO3. The Balaban J connectivity index is 2.18. The molecule has 0 aromatic heterocycles. The topological polar surface area (TPSA) is 39.7 Å². The Morgan fingerprint density at radius 3 is 2.50 bits per heavy atom. The Morgan fingerprint density at radius 2 is 2.00 bits per heavy atom. The van der Waals surface area contributed by atoms with Gasteiger partial charge in [0.05, 0.1) is 6.10 Å². The Labute approximate surface area is 98.6 Å². The molecule has 1 aliphatic heterocycles. The van der Waals surface area contributed by atoms with Gasteiger partial charge >= 0.3 is 0 Å². The molecule has 1 saturated heterocycles. The molecule has 4 heteroatoms. The minimum Gasteiger partial charge on any atom is -0.377 e. The molecule has 1 aliphatic rings. The van der Waals surface area contributed by atoms with Crippen molar-refractivity contribution in [1.82, 2.24) is 5.32 Å². The van der Waals surface area contributed by atoms with E-state index in [1.165, 1.54) is 6.42 Å². The van der Waals surface area contributed by atoms with E-state index in [0.29, 0.717) is 25.4 Å². The highest BCUT2D eigenvalue weighted by molar-refractivity contribution is 4.76. The van der Waals surface area contributed by atoms with Gasteiger partial charge in [-0.15, -0.1) is 0 Å². The van der Waals surface area contributed by atoms with Crippen LogP contribution in [0.5, 0.6) is 0 Å². The summed E-state index contributed by atoms with van der Waals surface area (Å²) in [5, 5.41) is 3.42. The number of hydrogen-bond acceptors (Lipinski definition) is 4. The van der Waals surface area contributed by atoms with Gasteiger partial charge in [-0.3, -0.25) is 0 Å². The summed E-state index contributed by atoms with van der Waals surface area (Å²) in [6, 6.07) is 0.367. The Bertz CT molecular complexity index is 164. The monoisotopic (exact) mass is 231 g/mol. The van der Waals surface area contributed by atoms with E-state index >= 15 is 0 Å². The Hall–Kier alpha value is -0.160. The average Bonchev–Trinajstić information content (AvgIpc) is 2.79. The maximum absolute atomic E-state index is 5.62. The van der Waals surface area contributed by atoms with Gasteiger partial charge in [-0.25, -0.2) is 0 Å². The molecule has 1 fully saturated rings. The molecule has 0 spiro atoms. The van der Waals surface area contributed by atoms with E-state index in [-0.39, 0.29) is 6.29 Å². The van der Waals surface area contributed by atoms with E-state index < -0.39 is 0 Å². The van der Waals surface area contributed by atoms with E-state index in [0.717, 1.165) is 19.6 Å². The van der Waals surface area contributed by atoms with Gasteiger partial charge in [-0.2, -0.15) is 0 Å². The molecule has 0 saturated carbocycles. The standard InChI is InChI=1S/C12H25NO3/c1-4-14-12(15-5-2)9-13-10(3)11-7-6-8-16-11/h10-13H,4-9H2,1-3H3. The van der Waals surface area contributed by atoms with Crippen molar-refractivity contribution in [2.75, 3.05) is 26.4 Å². The molecule has 1 N–H and O–H groups in total. The molecule has 4 nitrogen and oxygen atoms in total. The van der Waals surface area contributed by atoms with Crippen LogP contribution in [-0.2, 0) is 14.2 Å². The zero-order chi connectivity index (χ0) is 11.8. The van der Waals surface area contributed by atoms with Crippen molar-refractivity contribution >= 4 is 0 Å². The third-order valence-electron chi connectivity index (χ3n) is 2.83. The molecule has 0 aromatic rings. The molecule has 0 bridgehead atoms. The lowest BCUT2D eigenvalue weighted by atomic mass is 10.1. The maximum atomic E-state index is 5.62. The molecule has 1 rings (SSSR count). The largest absolute Gasteiger partial charge is 0.377 e. The fourth-order valence-electron chi connectivity index (χ4n) is 1.95. The van der Waals surface area contributed by atoms with Crippen molar-refractivity contribution in [3.05, 3.63) is 0 Å². The normalized spacial score (nSPS) is 22.9. The number of hydrogen-bond donors (Lipinski definition) is 1. The molecule has 16 heavy (non-hydrogen) atoms. The van der Waals surface area contributed by atoms with Crippen LogP contribution < -0.4 is 5.32 Å². The van der Waals surface area contributed by atoms with Crippen molar-refractivity contribution < 1.29 is 14.2 Å². The van der Waals surface area contributed by atoms with E-state index in [4.69, 9.17) is 14.2 Å². The SMILES string of the molecule is CCOC(CNC(C)C1CCCO1)OCC. The predicted octanol–water partition coefficient (Wildman–Crippen LogP) is 1.54. The summed E-state index contributed by atoms with van der Waals surface area (Å²) < 4.78 is 16.6. The average molecular weight is 231 g/mol. The lowest BCUT2D eigenvalue weighted by molar-refractivity contribution is -0.134. The predicted molar refractivity (Wildman–Crippen MR) is 63.5 cm³/mol. The number of ether oxygens (including phenoxy) is 3. The highest BCUT2D eigenvalue weighted by Crippen LogP contribution is 2.15. The second-order valence-corrected chi connectivity index (χ2v) is 4.09. The Kier molecular flexibility index (Phi) is 6.96. The molecule has 0 aromatic carbocycles. The second kappa shape index (κ2) is 8.01. The van der Waals surface area contributed by atoms with Gasteiger partial charge in [-0.05, 0) is 33.6 Å². The zero-order valence-electron chi connectivity index (χ0n) is 10.7. The third-order valence-corrected chi connectivity index (χ3v) is 2.83. The third kappa shape index (κ3) is 4.78. The molecule has 1 heterocycles. The number of rotatable bonds is 8. The number of nitrogens with one attached hydrogen (secondary N) is 1. The first-order valence-electron chi connectivity index (χ1n) is 6.36. The fourth-order valence-corrected chi connectivity index (χ4v) is 1.95. The van der Waals surface area contributed by atoms with Crippen LogP contribution in [0, 0.1) is 0 Å². The molecule has 0 amide bonds. The summed E-state index contributed by atoms with van der Waals surface area (Å²) in [6.45, 7) is 9.11. The summed E-state index contributed by atoms with van der Waals surface area (Å²) in [4.78, 5) is 0. The van der Waals surface area contributed by atoms with Crippen LogP contribution in [0.3, 0.4) is 0 Å². The van der Waals surface area contributed by atoms with Gasteiger partial charge in [0.2, 0.25) is 0 Å². The van der Waals surface area contributed by atoms with Gasteiger partial charge in [0.15, 0.2) is 6.29 Å². The van der Waals surface area contributed by atoms with Crippen LogP contribution >= 0.6 is 0 Å². The van der Waals surface area contributed by atoms with Gasteiger partial charge < -0.3 is 19.5 Å². The highest BCUT2D eigenvalue weighted by atomic mass is 16.7. The summed E-state index contributed by atoms with van der Waals surface area (Å²) in [5.74, 6) is 0. The molecule has 2 atom stereocenters. The first-order valence-corrected chi connectivity index (χ1v) is 6.36. The van der Waals surface area contributed by atoms with Gasteiger partial charge in [0.25, 0.3) is 0 Å². The van der Waals surface area contributed by atoms with Crippen molar-refractivity contribution in [2.24, 2.45) is 0 Å². The van der Waals surface area contributed by atoms with E-state index in [9.17, 15) is 0 Å². The molecular weight excluding hydrogens is 206 g/mol. The van der Waals surface area contributed by atoms with Crippen molar-refractivity contribution in [3.8, 4) is 0 Å².